The van der Waals surface area contributed by atoms with E-state index in [2.05, 4.69) is 22.5 Å². The highest BCUT2D eigenvalue weighted by Gasteiger charge is 2.14. The molecule has 0 radical (unpaired) electrons. The average molecular weight is 354 g/mol. The quantitative estimate of drug-likeness (QED) is 0.826. The molecule has 4 nitrogen and oxygen atoms in total. The van der Waals surface area contributed by atoms with Crippen LogP contribution in [-0.2, 0) is 17.8 Å². The van der Waals surface area contributed by atoms with Crippen LogP contribution in [0.25, 0.3) is 0 Å². The number of aromatic nitrogens is 1. The normalized spacial score (nSPS) is 14.9. The summed E-state index contributed by atoms with van der Waals surface area (Å²) in [6.45, 7) is 4.90. The van der Waals surface area contributed by atoms with Crippen molar-refractivity contribution >= 4 is 42.1 Å². The molecule has 0 atom stereocenters. The highest BCUT2D eigenvalue weighted by molar-refractivity contribution is 7.11. The zero-order valence-corrected chi connectivity index (χ0v) is 14.8. The van der Waals surface area contributed by atoms with E-state index < -0.39 is 0 Å². The molecule has 2 heterocycles. The van der Waals surface area contributed by atoms with Gasteiger partial charge in [-0.15, -0.1) is 36.2 Å². The number of nitrogens with one attached hydrogen (secondary N) is 2. The lowest BCUT2D eigenvalue weighted by molar-refractivity contribution is -0.121. The Morgan fingerprint density at radius 1 is 1.43 bits per heavy atom. The first-order valence-corrected chi connectivity index (χ1v) is 8.00. The summed E-state index contributed by atoms with van der Waals surface area (Å²) in [5.41, 5.74) is 0. The predicted molar refractivity (Wildman–Crippen MR) is 92.7 cm³/mol. The van der Waals surface area contributed by atoms with Crippen LogP contribution < -0.4 is 10.6 Å². The van der Waals surface area contributed by atoms with E-state index in [9.17, 15) is 4.79 Å². The molecule has 1 amide bonds. The first kappa shape index (κ1) is 20.6. The van der Waals surface area contributed by atoms with Gasteiger partial charge < -0.3 is 10.6 Å². The van der Waals surface area contributed by atoms with Crippen molar-refractivity contribution in [2.24, 2.45) is 5.92 Å². The van der Waals surface area contributed by atoms with Crippen molar-refractivity contribution in [3.8, 4) is 0 Å². The number of hydrogen-bond acceptors (Lipinski definition) is 4. The van der Waals surface area contributed by atoms with Crippen molar-refractivity contribution in [2.45, 2.75) is 45.6 Å². The van der Waals surface area contributed by atoms with Gasteiger partial charge in [0.05, 0.1) is 6.54 Å². The highest BCUT2D eigenvalue weighted by Crippen LogP contribution is 2.17. The van der Waals surface area contributed by atoms with Crippen LogP contribution in [0.4, 0.5) is 0 Å². The molecule has 1 aliphatic rings. The first-order chi connectivity index (χ1) is 9.28. The molecule has 0 aliphatic carbocycles. The van der Waals surface area contributed by atoms with E-state index in [1.54, 1.807) is 11.3 Å². The second-order valence-corrected chi connectivity index (χ2v) is 6.28. The van der Waals surface area contributed by atoms with Gasteiger partial charge in [0.1, 0.15) is 5.01 Å². The lowest BCUT2D eigenvalue weighted by Crippen LogP contribution is -2.29. The van der Waals surface area contributed by atoms with E-state index in [1.807, 2.05) is 6.20 Å². The summed E-state index contributed by atoms with van der Waals surface area (Å²) in [6, 6.07) is 0. The van der Waals surface area contributed by atoms with Gasteiger partial charge in [0.15, 0.2) is 0 Å². The summed E-state index contributed by atoms with van der Waals surface area (Å²) in [4.78, 5) is 17.4. The Bertz CT molecular complexity index is 409. The minimum absolute atomic E-state index is 0. The SMILES string of the molecule is CCc1cnc(CNC(=O)CCC2CCNCC2)s1.Cl.Cl. The Balaban J connectivity index is 0.00000200. The molecule has 0 unspecified atom stereocenters. The second kappa shape index (κ2) is 11.2. The number of piperidine rings is 1. The maximum absolute atomic E-state index is 11.8. The zero-order valence-electron chi connectivity index (χ0n) is 12.4. The second-order valence-electron chi connectivity index (χ2n) is 5.08. The van der Waals surface area contributed by atoms with Gasteiger partial charge in [-0.05, 0) is 44.7 Å². The van der Waals surface area contributed by atoms with Crippen molar-refractivity contribution in [3.05, 3.63) is 16.1 Å². The Morgan fingerprint density at radius 3 is 2.76 bits per heavy atom. The number of halogens is 2. The smallest absolute Gasteiger partial charge is 0.220 e. The molecule has 0 saturated carbocycles. The summed E-state index contributed by atoms with van der Waals surface area (Å²) < 4.78 is 0. The van der Waals surface area contributed by atoms with E-state index in [4.69, 9.17) is 0 Å². The molecule has 1 aromatic heterocycles. The number of amides is 1. The molecule has 1 aromatic rings. The topological polar surface area (TPSA) is 54.0 Å². The Labute approximate surface area is 143 Å². The van der Waals surface area contributed by atoms with E-state index in [1.165, 1.54) is 17.7 Å². The van der Waals surface area contributed by atoms with Gasteiger partial charge in [-0.1, -0.05) is 6.92 Å². The van der Waals surface area contributed by atoms with Gasteiger partial charge in [-0.2, -0.15) is 0 Å². The molecule has 0 bridgehead atoms. The molecule has 2 rings (SSSR count). The van der Waals surface area contributed by atoms with Crippen molar-refractivity contribution in [2.75, 3.05) is 13.1 Å². The van der Waals surface area contributed by atoms with Gasteiger partial charge in [-0.3, -0.25) is 4.79 Å². The number of hydrogen-bond donors (Lipinski definition) is 2. The minimum Gasteiger partial charge on any atom is -0.350 e. The molecule has 1 saturated heterocycles. The van der Waals surface area contributed by atoms with Crippen LogP contribution in [0.2, 0.25) is 0 Å². The monoisotopic (exact) mass is 353 g/mol. The number of carbonyl (C=O) groups is 1. The van der Waals surface area contributed by atoms with E-state index in [0.717, 1.165) is 36.9 Å². The highest BCUT2D eigenvalue weighted by atomic mass is 35.5. The van der Waals surface area contributed by atoms with Crippen molar-refractivity contribution in [1.29, 1.82) is 0 Å². The zero-order chi connectivity index (χ0) is 13.5. The molecule has 1 fully saturated rings. The summed E-state index contributed by atoms with van der Waals surface area (Å²) in [6.07, 6.45) is 7.00. The lowest BCUT2D eigenvalue weighted by Gasteiger charge is -2.22. The molecule has 0 spiro atoms. The van der Waals surface area contributed by atoms with Crippen LogP contribution >= 0.6 is 36.2 Å². The maximum Gasteiger partial charge on any atom is 0.220 e. The third kappa shape index (κ3) is 7.45. The molecule has 2 N–H and O–H groups in total. The van der Waals surface area contributed by atoms with E-state index in [0.29, 0.717) is 13.0 Å². The van der Waals surface area contributed by atoms with Gasteiger partial charge >= 0.3 is 0 Å². The Kier molecular flexibility index (Phi) is 11.0. The van der Waals surface area contributed by atoms with Crippen LogP contribution in [-0.4, -0.2) is 24.0 Å². The fourth-order valence-corrected chi connectivity index (χ4v) is 3.16. The number of rotatable bonds is 6. The standard InChI is InChI=1S/C14H23N3OS.2ClH/c1-2-12-9-17-14(19-12)10-16-13(18)4-3-11-5-7-15-8-6-11;;/h9,11,15H,2-8,10H2,1H3,(H,16,18);2*1H. The Hall–Kier alpha value is -0.360. The van der Waals surface area contributed by atoms with Crippen molar-refractivity contribution in [3.63, 3.8) is 0 Å². The number of thiazole rings is 1. The molecule has 0 aromatic carbocycles. The largest absolute Gasteiger partial charge is 0.350 e. The summed E-state index contributed by atoms with van der Waals surface area (Å²) in [5, 5.41) is 7.33. The summed E-state index contributed by atoms with van der Waals surface area (Å²) >= 11 is 1.69. The van der Waals surface area contributed by atoms with Crippen LogP contribution in [0, 0.1) is 5.92 Å². The van der Waals surface area contributed by atoms with Gasteiger partial charge in [-0.25, -0.2) is 4.98 Å². The molecule has 1 aliphatic heterocycles. The van der Waals surface area contributed by atoms with Gasteiger partial charge in [0.2, 0.25) is 5.91 Å². The minimum atomic E-state index is 0. The van der Waals surface area contributed by atoms with Crippen LogP contribution in [0.1, 0.15) is 42.5 Å². The van der Waals surface area contributed by atoms with Gasteiger partial charge in [0.25, 0.3) is 0 Å². The summed E-state index contributed by atoms with van der Waals surface area (Å²) in [5.74, 6) is 0.880. The lowest BCUT2D eigenvalue weighted by atomic mass is 9.93. The fourth-order valence-electron chi connectivity index (χ4n) is 2.36. The van der Waals surface area contributed by atoms with Crippen molar-refractivity contribution in [1.82, 2.24) is 15.6 Å². The number of aryl methyl sites for hydroxylation is 1. The Morgan fingerprint density at radius 2 is 2.14 bits per heavy atom. The number of carbonyl (C=O) groups excluding carboxylic acids is 1. The third-order valence-electron chi connectivity index (χ3n) is 3.63. The fraction of sp³-hybridized carbons (Fsp3) is 0.714. The van der Waals surface area contributed by atoms with E-state index >= 15 is 0 Å². The van der Waals surface area contributed by atoms with E-state index in [-0.39, 0.29) is 30.7 Å². The molecule has 7 heteroatoms. The maximum atomic E-state index is 11.8. The molecule has 122 valence electrons. The molecule has 21 heavy (non-hydrogen) atoms. The van der Waals surface area contributed by atoms with Gasteiger partial charge in [0, 0.05) is 17.5 Å². The third-order valence-corrected chi connectivity index (χ3v) is 4.77. The molecular weight excluding hydrogens is 329 g/mol. The first-order valence-electron chi connectivity index (χ1n) is 7.19. The number of nitrogens with zero attached hydrogens (tertiary/aromatic N) is 1. The van der Waals surface area contributed by atoms with Crippen LogP contribution in [0.3, 0.4) is 0 Å². The molecular formula is C14H25Cl2N3OS. The van der Waals surface area contributed by atoms with Crippen molar-refractivity contribution < 1.29 is 4.79 Å². The predicted octanol–water partition coefficient (Wildman–Crippen LogP) is 2.95. The van der Waals surface area contributed by atoms with Crippen LogP contribution in [0.15, 0.2) is 6.20 Å². The average Bonchev–Trinajstić information content (AvgIpc) is 2.92. The summed E-state index contributed by atoms with van der Waals surface area (Å²) in [7, 11) is 0. The van der Waals surface area contributed by atoms with Crippen LogP contribution in [0.5, 0.6) is 0 Å².